The van der Waals surface area contributed by atoms with Crippen molar-refractivity contribution in [3.05, 3.63) is 39.9 Å². The number of hydrogen-bond donors (Lipinski definition) is 1. The molecule has 1 aromatic rings. The van der Waals surface area contributed by atoms with Crippen LogP contribution in [0.2, 0.25) is 0 Å². The van der Waals surface area contributed by atoms with Crippen molar-refractivity contribution in [2.45, 2.75) is 0 Å². The molecule has 0 aliphatic carbocycles. The fourth-order valence-corrected chi connectivity index (χ4v) is 2.75. The number of ketones is 1. The van der Waals surface area contributed by atoms with E-state index in [-0.39, 0.29) is 24.4 Å². The molecule has 222 valence electrons. The topological polar surface area (TPSA) is 163 Å². The maximum absolute atomic E-state index is 12.0. The fraction of sp³-hybridized carbons (Fsp3) is 0.680. The molecule has 14 heteroatoms. The van der Waals surface area contributed by atoms with Crippen LogP contribution in [0.5, 0.6) is 0 Å². The van der Waals surface area contributed by atoms with Crippen molar-refractivity contribution in [3.8, 4) is 0 Å². The van der Waals surface area contributed by atoms with Crippen LogP contribution in [0.25, 0.3) is 0 Å². The molecule has 0 aliphatic rings. The highest BCUT2D eigenvalue weighted by molar-refractivity contribution is 6.42. The summed E-state index contributed by atoms with van der Waals surface area (Å²) in [5, 5.41) is 13.1. The first kappa shape index (κ1) is 34.5. The van der Waals surface area contributed by atoms with Gasteiger partial charge in [0.25, 0.3) is 11.6 Å². The lowest BCUT2D eigenvalue weighted by molar-refractivity contribution is -0.384. The van der Waals surface area contributed by atoms with E-state index in [0.717, 1.165) is 0 Å². The van der Waals surface area contributed by atoms with Gasteiger partial charge in [0.1, 0.15) is 0 Å². The largest absolute Gasteiger partial charge is 0.382 e. The number of nitro benzene ring substituents is 1. The summed E-state index contributed by atoms with van der Waals surface area (Å²) in [4.78, 5) is 33.9. The molecule has 1 rings (SSSR count). The number of ether oxygens (including phenoxy) is 8. The average molecular weight is 561 g/mol. The minimum Gasteiger partial charge on any atom is -0.382 e. The second kappa shape index (κ2) is 24.5. The Hall–Kier alpha value is -2.56. The van der Waals surface area contributed by atoms with E-state index in [0.29, 0.717) is 92.5 Å². The molecular weight excluding hydrogens is 520 g/mol. The van der Waals surface area contributed by atoms with Crippen molar-refractivity contribution in [2.24, 2.45) is 0 Å². The average Bonchev–Trinajstić information content (AvgIpc) is 2.94. The molecular formula is C25H40N2O12. The normalized spacial score (nSPS) is 11.0. The molecule has 1 amide bonds. The van der Waals surface area contributed by atoms with E-state index >= 15 is 0 Å². The first-order valence-electron chi connectivity index (χ1n) is 12.7. The number of nitrogens with one attached hydrogen (secondary N) is 1. The van der Waals surface area contributed by atoms with Crippen molar-refractivity contribution >= 4 is 17.4 Å². The molecule has 1 aromatic carbocycles. The Balaban J connectivity index is 1.79. The van der Waals surface area contributed by atoms with Gasteiger partial charge in [-0.15, -0.1) is 0 Å². The zero-order valence-electron chi connectivity index (χ0n) is 22.5. The van der Waals surface area contributed by atoms with Gasteiger partial charge >= 0.3 is 0 Å². The van der Waals surface area contributed by atoms with E-state index in [1.54, 1.807) is 7.11 Å². The molecule has 0 atom stereocenters. The molecule has 0 bridgehead atoms. The lowest BCUT2D eigenvalue weighted by atomic mass is 10.1. The Kier molecular flexibility index (Phi) is 21.6. The zero-order chi connectivity index (χ0) is 28.4. The predicted molar refractivity (Wildman–Crippen MR) is 138 cm³/mol. The zero-order valence-corrected chi connectivity index (χ0v) is 22.5. The highest BCUT2D eigenvalue weighted by Gasteiger charge is 2.16. The minimum atomic E-state index is -0.807. The summed E-state index contributed by atoms with van der Waals surface area (Å²) < 4.78 is 42.4. The van der Waals surface area contributed by atoms with Gasteiger partial charge in [-0.25, -0.2) is 0 Å². The number of rotatable bonds is 27. The van der Waals surface area contributed by atoms with Crippen molar-refractivity contribution < 1.29 is 52.4 Å². The summed E-state index contributed by atoms with van der Waals surface area (Å²) >= 11 is 0. The third-order valence-corrected chi connectivity index (χ3v) is 4.74. The number of benzene rings is 1. The van der Waals surface area contributed by atoms with Gasteiger partial charge in [0, 0.05) is 31.4 Å². The SMILES string of the molecule is COCCOCCOCCOCCOCCOCCOCCOCCNC(=O)C(=O)c1ccc([N+](=O)[O-])cc1. The number of carbonyl (C=O) groups excluding carboxylic acids is 2. The molecule has 0 saturated heterocycles. The molecule has 0 heterocycles. The quantitative estimate of drug-likeness (QED) is 0.0526. The fourth-order valence-electron chi connectivity index (χ4n) is 2.75. The smallest absolute Gasteiger partial charge is 0.292 e. The van der Waals surface area contributed by atoms with E-state index in [4.69, 9.17) is 37.9 Å². The van der Waals surface area contributed by atoms with Gasteiger partial charge in [-0.2, -0.15) is 0 Å². The van der Waals surface area contributed by atoms with Crippen LogP contribution in [0.4, 0.5) is 5.69 Å². The number of nitro groups is 1. The Labute approximate surface area is 228 Å². The molecule has 1 N–H and O–H groups in total. The Bertz CT molecular complexity index is 779. The highest BCUT2D eigenvalue weighted by Crippen LogP contribution is 2.12. The number of Topliss-reactive ketones (excluding diaryl/α,β-unsaturated/α-hetero) is 1. The number of amides is 1. The van der Waals surface area contributed by atoms with Gasteiger partial charge in [0.15, 0.2) is 0 Å². The van der Waals surface area contributed by atoms with Gasteiger partial charge in [0.2, 0.25) is 5.78 Å². The van der Waals surface area contributed by atoms with Crippen molar-refractivity contribution in [3.63, 3.8) is 0 Å². The second-order valence-corrected chi connectivity index (χ2v) is 7.67. The molecule has 0 fully saturated rings. The van der Waals surface area contributed by atoms with Crippen LogP contribution in [0.15, 0.2) is 24.3 Å². The van der Waals surface area contributed by atoms with Gasteiger partial charge in [-0.3, -0.25) is 19.7 Å². The van der Waals surface area contributed by atoms with E-state index in [9.17, 15) is 19.7 Å². The van der Waals surface area contributed by atoms with Gasteiger partial charge in [0.05, 0.1) is 104 Å². The van der Waals surface area contributed by atoms with E-state index in [1.165, 1.54) is 24.3 Å². The lowest BCUT2D eigenvalue weighted by Crippen LogP contribution is -2.33. The van der Waals surface area contributed by atoms with E-state index in [1.807, 2.05) is 0 Å². The maximum atomic E-state index is 12.0. The Morgan fingerprint density at radius 3 is 1.36 bits per heavy atom. The van der Waals surface area contributed by atoms with Crippen molar-refractivity contribution in [2.75, 3.05) is 113 Å². The molecule has 0 spiro atoms. The molecule has 0 radical (unpaired) electrons. The summed E-state index contributed by atoms with van der Waals surface area (Å²) in [5.74, 6) is -1.58. The third-order valence-electron chi connectivity index (χ3n) is 4.74. The van der Waals surface area contributed by atoms with Crippen LogP contribution in [-0.4, -0.2) is 129 Å². The Morgan fingerprint density at radius 2 is 1.00 bits per heavy atom. The monoisotopic (exact) mass is 560 g/mol. The van der Waals surface area contributed by atoms with Gasteiger partial charge < -0.3 is 43.2 Å². The molecule has 0 aliphatic heterocycles. The van der Waals surface area contributed by atoms with Crippen LogP contribution >= 0.6 is 0 Å². The summed E-state index contributed by atoms with van der Waals surface area (Å²) in [6.07, 6.45) is 0. The summed E-state index contributed by atoms with van der Waals surface area (Å²) in [6.45, 7) is 6.93. The van der Waals surface area contributed by atoms with Crippen LogP contribution in [0, 0.1) is 10.1 Å². The maximum Gasteiger partial charge on any atom is 0.292 e. The molecule has 0 aromatic heterocycles. The summed E-state index contributed by atoms with van der Waals surface area (Å²) in [5.41, 5.74) is -0.0841. The number of carbonyl (C=O) groups is 2. The molecule has 14 nitrogen and oxygen atoms in total. The van der Waals surface area contributed by atoms with Crippen LogP contribution < -0.4 is 5.32 Å². The lowest BCUT2D eigenvalue weighted by Gasteiger charge is -2.08. The highest BCUT2D eigenvalue weighted by atomic mass is 16.6. The Morgan fingerprint density at radius 1 is 0.641 bits per heavy atom. The third kappa shape index (κ3) is 19.2. The van der Waals surface area contributed by atoms with Crippen LogP contribution in [-0.2, 0) is 42.7 Å². The van der Waals surface area contributed by atoms with Gasteiger partial charge in [-0.05, 0) is 12.1 Å². The summed E-state index contributed by atoms with van der Waals surface area (Å²) in [6, 6.07) is 4.82. The second-order valence-electron chi connectivity index (χ2n) is 7.67. The van der Waals surface area contributed by atoms with Gasteiger partial charge in [-0.1, -0.05) is 0 Å². The number of hydrogen-bond acceptors (Lipinski definition) is 12. The van der Waals surface area contributed by atoms with E-state index < -0.39 is 16.6 Å². The first-order chi connectivity index (χ1) is 19.1. The van der Waals surface area contributed by atoms with Crippen molar-refractivity contribution in [1.29, 1.82) is 0 Å². The summed E-state index contributed by atoms with van der Waals surface area (Å²) in [7, 11) is 1.63. The van der Waals surface area contributed by atoms with Crippen molar-refractivity contribution in [1.82, 2.24) is 5.32 Å². The first-order valence-corrected chi connectivity index (χ1v) is 12.7. The van der Waals surface area contributed by atoms with E-state index in [2.05, 4.69) is 5.32 Å². The molecule has 0 saturated carbocycles. The molecule has 0 unspecified atom stereocenters. The number of non-ortho nitro benzene ring substituents is 1. The standard InChI is InChI=1S/C25H40N2O12/c1-32-8-9-34-12-13-36-16-17-38-20-21-39-19-18-37-15-14-35-11-10-33-7-6-26-25(29)24(28)22-2-4-23(5-3-22)27(30)31/h2-5H,6-21H2,1H3,(H,26,29). The predicted octanol–water partition coefficient (Wildman–Crippen LogP) is 0.656. The molecule has 39 heavy (non-hydrogen) atoms. The van der Waals surface area contributed by atoms with Crippen LogP contribution in [0.3, 0.4) is 0 Å². The minimum absolute atomic E-state index is 0.0730. The van der Waals surface area contributed by atoms with Crippen LogP contribution in [0.1, 0.15) is 10.4 Å². The number of nitrogens with zero attached hydrogens (tertiary/aromatic N) is 1. The number of methoxy groups -OCH3 is 1.